The molecular weight excluding hydrogens is 466 g/mol. The summed E-state index contributed by atoms with van der Waals surface area (Å²) in [7, 11) is 0. The van der Waals surface area contributed by atoms with Crippen molar-refractivity contribution in [1.29, 1.82) is 0 Å². The van der Waals surface area contributed by atoms with Gasteiger partial charge < -0.3 is 14.5 Å². The number of nitro benzene ring substituents is 1. The molecule has 186 valence electrons. The van der Waals surface area contributed by atoms with Gasteiger partial charge in [-0.05, 0) is 41.8 Å². The Kier molecular flexibility index (Phi) is 6.85. The van der Waals surface area contributed by atoms with Gasteiger partial charge in [-0.2, -0.15) is 0 Å². The second kappa shape index (κ2) is 10.5. The van der Waals surface area contributed by atoms with Crippen molar-refractivity contribution in [1.82, 2.24) is 4.90 Å². The number of fused-ring (bicyclic) bond motifs is 1. The summed E-state index contributed by atoms with van der Waals surface area (Å²) >= 11 is 0. The summed E-state index contributed by atoms with van der Waals surface area (Å²) < 4.78 is 5.65. The zero-order chi connectivity index (χ0) is 25.8. The number of nitro groups is 1. The van der Waals surface area contributed by atoms with Crippen LogP contribution < -0.4 is 9.64 Å². The SMILES string of the molecule is CCOc1ccc([C@@H]2N(Cc3ccccc3)C(=O)c3cc([N+](=O)[O-])ccc3N2Cc2ccccc2)cc1. The lowest BCUT2D eigenvalue weighted by molar-refractivity contribution is -0.384. The van der Waals surface area contributed by atoms with Gasteiger partial charge in [-0.3, -0.25) is 14.9 Å². The summed E-state index contributed by atoms with van der Waals surface area (Å²) in [5.74, 6) is 0.513. The number of ether oxygens (including phenoxy) is 1. The Labute approximate surface area is 215 Å². The van der Waals surface area contributed by atoms with E-state index in [0.29, 0.717) is 30.9 Å². The maximum Gasteiger partial charge on any atom is 0.270 e. The van der Waals surface area contributed by atoms with Gasteiger partial charge in [0.1, 0.15) is 11.9 Å². The molecule has 1 aliphatic rings. The normalized spacial score (nSPS) is 14.8. The highest BCUT2D eigenvalue weighted by Gasteiger charge is 2.39. The lowest BCUT2D eigenvalue weighted by atomic mass is 9.98. The van der Waals surface area contributed by atoms with Crippen LogP contribution in [-0.2, 0) is 13.1 Å². The van der Waals surface area contributed by atoms with E-state index in [9.17, 15) is 14.9 Å². The molecule has 0 N–H and O–H groups in total. The van der Waals surface area contributed by atoms with Crippen LogP contribution in [-0.4, -0.2) is 22.3 Å². The number of carbonyl (C=O) groups is 1. The lowest BCUT2D eigenvalue weighted by Gasteiger charge is -2.46. The van der Waals surface area contributed by atoms with E-state index >= 15 is 0 Å². The van der Waals surface area contributed by atoms with Gasteiger partial charge in [0.25, 0.3) is 11.6 Å². The minimum absolute atomic E-state index is 0.106. The largest absolute Gasteiger partial charge is 0.494 e. The van der Waals surface area contributed by atoms with Gasteiger partial charge in [-0.15, -0.1) is 0 Å². The van der Waals surface area contributed by atoms with E-state index in [1.54, 1.807) is 11.0 Å². The fraction of sp³-hybridized carbons (Fsp3) is 0.167. The average Bonchev–Trinajstić information content (AvgIpc) is 2.93. The van der Waals surface area contributed by atoms with E-state index in [1.165, 1.54) is 12.1 Å². The van der Waals surface area contributed by atoms with Gasteiger partial charge >= 0.3 is 0 Å². The van der Waals surface area contributed by atoms with Crippen molar-refractivity contribution in [3.63, 3.8) is 0 Å². The van der Waals surface area contributed by atoms with Crippen LogP contribution in [0.4, 0.5) is 11.4 Å². The Morgan fingerprint density at radius 2 is 1.41 bits per heavy atom. The summed E-state index contributed by atoms with van der Waals surface area (Å²) in [5.41, 5.74) is 3.85. The predicted molar refractivity (Wildman–Crippen MR) is 142 cm³/mol. The molecule has 1 heterocycles. The molecule has 0 unspecified atom stereocenters. The molecule has 7 nitrogen and oxygen atoms in total. The minimum atomic E-state index is -0.463. The van der Waals surface area contributed by atoms with E-state index in [4.69, 9.17) is 4.74 Å². The quantitative estimate of drug-likeness (QED) is 0.211. The smallest absolute Gasteiger partial charge is 0.270 e. The van der Waals surface area contributed by atoms with Gasteiger partial charge in [0, 0.05) is 25.2 Å². The lowest BCUT2D eigenvalue weighted by Crippen LogP contribution is -2.48. The number of carbonyl (C=O) groups excluding carboxylic acids is 1. The number of hydrogen-bond donors (Lipinski definition) is 0. The minimum Gasteiger partial charge on any atom is -0.494 e. The molecule has 0 aromatic heterocycles. The molecule has 0 saturated heterocycles. The van der Waals surface area contributed by atoms with Crippen LogP contribution in [0.15, 0.2) is 103 Å². The zero-order valence-electron chi connectivity index (χ0n) is 20.5. The molecule has 1 aliphatic heterocycles. The van der Waals surface area contributed by atoms with E-state index < -0.39 is 11.1 Å². The Balaban J connectivity index is 1.67. The Morgan fingerprint density at radius 1 is 0.811 bits per heavy atom. The fourth-order valence-corrected chi connectivity index (χ4v) is 4.78. The number of benzene rings is 4. The monoisotopic (exact) mass is 493 g/mol. The van der Waals surface area contributed by atoms with Crippen LogP contribution in [0.3, 0.4) is 0 Å². The first-order valence-corrected chi connectivity index (χ1v) is 12.2. The highest BCUT2D eigenvalue weighted by molar-refractivity contribution is 6.02. The van der Waals surface area contributed by atoms with Crippen molar-refractivity contribution in [2.24, 2.45) is 0 Å². The topological polar surface area (TPSA) is 75.9 Å². The summed E-state index contributed by atoms with van der Waals surface area (Å²) in [6.45, 7) is 3.37. The van der Waals surface area contributed by atoms with E-state index in [1.807, 2.05) is 91.9 Å². The third-order valence-electron chi connectivity index (χ3n) is 6.46. The first-order chi connectivity index (χ1) is 18.0. The molecule has 0 spiro atoms. The van der Waals surface area contributed by atoms with Crippen LogP contribution >= 0.6 is 0 Å². The molecule has 0 bridgehead atoms. The van der Waals surface area contributed by atoms with Crippen LogP contribution in [0.25, 0.3) is 0 Å². The first kappa shape index (κ1) is 24.1. The molecule has 37 heavy (non-hydrogen) atoms. The molecule has 1 atom stereocenters. The summed E-state index contributed by atoms with van der Waals surface area (Å²) in [6, 6.07) is 32.1. The summed E-state index contributed by atoms with van der Waals surface area (Å²) in [5, 5.41) is 11.6. The van der Waals surface area contributed by atoms with Crippen molar-refractivity contribution in [2.75, 3.05) is 11.5 Å². The summed E-state index contributed by atoms with van der Waals surface area (Å²) in [6.07, 6.45) is -0.433. The predicted octanol–water partition coefficient (Wildman–Crippen LogP) is 6.35. The molecule has 0 saturated carbocycles. The third-order valence-corrected chi connectivity index (χ3v) is 6.46. The maximum absolute atomic E-state index is 14.0. The highest BCUT2D eigenvalue weighted by Crippen LogP contribution is 2.42. The van der Waals surface area contributed by atoms with E-state index in [-0.39, 0.29) is 11.6 Å². The Morgan fingerprint density at radius 3 is 1.97 bits per heavy atom. The average molecular weight is 494 g/mol. The van der Waals surface area contributed by atoms with Crippen molar-refractivity contribution in [3.05, 3.63) is 135 Å². The maximum atomic E-state index is 14.0. The number of hydrogen-bond acceptors (Lipinski definition) is 5. The van der Waals surface area contributed by atoms with Crippen LogP contribution in [0.1, 0.15) is 40.1 Å². The van der Waals surface area contributed by atoms with Gasteiger partial charge in [-0.1, -0.05) is 72.8 Å². The highest BCUT2D eigenvalue weighted by atomic mass is 16.6. The first-order valence-electron chi connectivity index (χ1n) is 12.2. The number of non-ortho nitro benzene ring substituents is 1. The van der Waals surface area contributed by atoms with Gasteiger partial charge in [-0.25, -0.2) is 0 Å². The van der Waals surface area contributed by atoms with Crippen molar-refractivity contribution in [3.8, 4) is 5.75 Å². The number of rotatable bonds is 8. The van der Waals surface area contributed by atoms with E-state index in [0.717, 1.165) is 22.4 Å². The second-order valence-electron chi connectivity index (χ2n) is 8.87. The van der Waals surface area contributed by atoms with Gasteiger partial charge in [0.05, 0.1) is 22.8 Å². The molecule has 0 fully saturated rings. The molecule has 0 aliphatic carbocycles. The van der Waals surface area contributed by atoms with Crippen molar-refractivity contribution >= 4 is 17.3 Å². The molecular formula is C30H27N3O4. The number of nitrogens with zero attached hydrogens (tertiary/aromatic N) is 3. The molecule has 5 rings (SSSR count). The third kappa shape index (κ3) is 5.02. The zero-order valence-corrected chi connectivity index (χ0v) is 20.5. The van der Waals surface area contributed by atoms with Crippen molar-refractivity contribution in [2.45, 2.75) is 26.2 Å². The van der Waals surface area contributed by atoms with Crippen LogP contribution in [0.2, 0.25) is 0 Å². The van der Waals surface area contributed by atoms with Gasteiger partial charge in [0.15, 0.2) is 0 Å². The molecule has 7 heteroatoms. The number of anilines is 1. The van der Waals surface area contributed by atoms with Crippen LogP contribution in [0.5, 0.6) is 5.75 Å². The van der Waals surface area contributed by atoms with Gasteiger partial charge in [0.2, 0.25) is 0 Å². The number of amides is 1. The fourth-order valence-electron chi connectivity index (χ4n) is 4.78. The Hall–Kier alpha value is -4.65. The summed E-state index contributed by atoms with van der Waals surface area (Å²) in [4.78, 5) is 29.0. The van der Waals surface area contributed by atoms with E-state index in [2.05, 4.69) is 4.90 Å². The molecule has 1 amide bonds. The second-order valence-corrected chi connectivity index (χ2v) is 8.87. The van der Waals surface area contributed by atoms with Crippen molar-refractivity contribution < 1.29 is 14.5 Å². The van der Waals surface area contributed by atoms with Crippen LogP contribution in [0, 0.1) is 10.1 Å². The Bertz CT molecular complexity index is 1390. The molecule has 4 aromatic rings. The molecule has 0 radical (unpaired) electrons. The standard InChI is InChI=1S/C30H27N3O4/c1-2-37-26-16-13-24(14-17-26)29-31(20-22-9-5-3-6-10-22)28-18-15-25(33(35)36)19-27(28)30(34)32(29)21-23-11-7-4-8-12-23/h3-19,29H,2,20-21H2,1H3/t29-/m0/s1. The molecule has 4 aromatic carbocycles.